The Kier molecular flexibility index (Phi) is 12.4. The zero-order valence-corrected chi connectivity index (χ0v) is 27.1. The van der Waals surface area contributed by atoms with Crippen LogP contribution in [-0.4, -0.2) is 24.0 Å². The summed E-state index contributed by atoms with van der Waals surface area (Å²) in [6.45, 7) is 0.337. The highest BCUT2D eigenvalue weighted by atomic mass is 35.5. The molecule has 0 heterocycles. The van der Waals surface area contributed by atoms with Gasteiger partial charge in [0.2, 0.25) is 0 Å². The Bertz CT molecular complexity index is 1700. The lowest BCUT2D eigenvalue weighted by molar-refractivity contribution is -1.03. The Labute approximate surface area is 283 Å². The minimum atomic E-state index is -0.0437. The van der Waals surface area contributed by atoms with Crippen molar-refractivity contribution in [2.24, 2.45) is 26.9 Å². The molecule has 228 valence electrons. The average Bonchev–Trinajstić information content (AvgIpc) is 3.00. The van der Waals surface area contributed by atoms with Gasteiger partial charge in [0.25, 0.3) is 0 Å². The van der Waals surface area contributed by atoms with Crippen LogP contribution >= 0.6 is 69.6 Å². The van der Waals surface area contributed by atoms with Gasteiger partial charge >= 0.3 is 0 Å². The number of hydrazone groups is 1. The van der Waals surface area contributed by atoms with Gasteiger partial charge in [0.15, 0.2) is 0 Å². The van der Waals surface area contributed by atoms with Crippen LogP contribution in [0.5, 0.6) is 11.5 Å². The summed E-state index contributed by atoms with van der Waals surface area (Å²) >= 11 is 37.7. The fraction of sp³-hybridized carbons (Fsp3) is 0.0690. The Morgan fingerprint density at radius 1 is 0.682 bits per heavy atom. The number of hydrazine groups is 1. The molecule has 0 aliphatic rings. The van der Waals surface area contributed by atoms with Gasteiger partial charge in [0.05, 0.1) is 22.5 Å². The first kappa shape index (κ1) is 33.6. The lowest BCUT2D eigenvalue weighted by Crippen LogP contribution is -3.10. The SMILES string of the molecule is NC=N[NH+](/N=C/c1cccc(OCc2cc(Cl)ccc2Cl)c1Cl)N(N)/N=C/c1cccc(OCc2ccc(Cl)cc2Cl)c1Cl. The molecule has 0 spiro atoms. The van der Waals surface area contributed by atoms with E-state index in [0.29, 0.717) is 58.3 Å². The van der Waals surface area contributed by atoms with E-state index in [4.69, 9.17) is 90.7 Å². The van der Waals surface area contributed by atoms with Gasteiger partial charge in [-0.3, -0.25) is 0 Å². The van der Waals surface area contributed by atoms with Gasteiger partial charge in [-0.15, -0.1) is 5.10 Å². The molecule has 4 rings (SSSR count). The number of rotatable bonds is 12. The molecule has 0 amide bonds. The number of quaternary nitrogens is 1. The third-order valence-electron chi connectivity index (χ3n) is 5.81. The van der Waals surface area contributed by atoms with E-state index in [2.05, 4.69) is 15.3 Å². The summed E-state index contributed by atoms with van der Waals surface area (Å²) in [6, 6.07) is 20.7. The number of nitrogens with one attached hydrogen (secondary N) is 1. The van der Waals surface area contributed by atoms with Crippen LogP contribution in [0.25, 0.3) is 0 Å². The molecular weight excluding hydrogens is 691 g/mol. The fourth-order valence-electron chi connectivity index (χ4n) is 3.60. The normalized spacial score (nSPS) is 12.3. The van der Waals surface area contributed by atoms with Crippen LogP contribution < -0.4 is 26.3 Å². The summed E-state index contributed by atoms with van der Waals surface area (Å²) in [6.07, 6.45) is 3.90. The first-order valence-electron chi connectivity index (χ1n) is 12.6. The van der Waals surface area contributed by atoms with Gasteiger partial charge in [-0.05, 0) is 57.9 Å². The predicted molar refractivity (Wildman–Crippen MR) is 179 cm³/mol. The molecule has 9 nitrogen and oxygen atoms in total. The summed E-state index contributed by atoms with van der Waals surface area (Å²) in [5.74, 6) is 6.94. The molecule has 1 atom stereocenters. The Morgan fingerprint density at radius 3 is 1.91 bits per heavy atom. The summed E-state index contributed by atoms with van der Waals surface area (Å²) in [5.41, 5.74) is 8.03. The summed E-state index contributed by atoms with van der Waals surface area (Å²) in [4.78, 5) is 0. The number of nitrogens with zero attached hydrogens (tertiary/aromatic N) is 4. The largest absolute Gasteiger partial charge is 0.487 e. The molecular formula is C29H24Cl6N7O2+. The number of nitrogens with two attached hydrogens (primary N) is 2. The Morgan fingerprint density at radius 2 is 1.27 bits per heavy atom. The van der Waals surface area contributed by atoms with Crippen molar-refractivity contribution in [2.45, 2.75) is 13.2 Å². The Balaban J connectivity index is 1.44. The molecule has 0 aromatic heterocycles. The van der Waals surface area contributed by atoms with Gasteiger partial charge < -0.3 is 15.2 Å². The van der Waals surface area contributed by atoms with Crippen LogP contribution in [0.4, 0.5) is 0 Å². The van der Waals surface area contributed by atoms with Crippen molar-refractivity contribution in [3.05, 3.63) is 125 Å². The maximum absolute atomic E-state index is 6.58. The second-order valence-corrected chi connectivity index (χ2v) is 11.2. The first-order chi connectivity index (χ1) is 21.2. The number of hydrogen-bond acceptors (Lipinski definition) is 7. The van der Waals surface area contributed by atoms with Crippen molar-refractivity contribution < 1.29 is 14.7 Å². The van der Waals surface area contributed by atoms with Crippen molar-refractivity contribution in [3.63, 3.8) is 0 Å². The van der Waals surface area contributed by atoms with Gasteiger partial charge in [0, 0.05) is 47.6 Å². The third kappa shape index (κ3) is 9.13. The van der Waals surface area contributed by atoms with E-state index < -0.39 is 0 Å². The fourth-order valence-corrected chi connectivity index (χ4v) is 4.89. The van der Waals surface area contributed by atoms with Crippen LogP contribution in [0.3, 0.4) is 0 Å². The van der Waals surface area contributed by atoms with Crippen LogP contribution in [-0.2, 0) is 13.2 Å². The smallest absolute Gasteiger partial charge is 0.148 e. The van der Waals surface area contributed by atoms with E-state index in [1.165, 1.54) is 12.4 Å². The first-order valence-corrected chi connectivity index (χ1v) is 14.9. The van der Waals surface area contributed by atoms with Crippen molar-refractivity contribution >= 4 is 88.4 Å². The zero-order valence-electron chi connectivity index (χ0n) is 22.6. The van der Waals surface area contributed by atoms with Gasteiger partial charge in [-0.25, -0.2) is 0 Å². The van der Waals surface area contributed by atoms with Crippen molar-refractivity contribution in [1.29, 1.82) is 0 Å². The highest BCUT2D eigenvalue weighted by molar-refractivity contribution is 6.36. The molecule has 44 heavy (non-hydrogen) atoms. The minimum absolute atomic E-state index is 0.0437. The maximum atomic E-state index is 6.58. The topological polar surface area (TPSA) is 115 Å². The molecule has 0 radical (unpaired) electrons. The molecule has 0 bridgehead atoms. The average molecular weight is 715 g/mol. The van der Waals surface area contributed by atoms with Crippen molar-refractivity contribution in [1.82, 2.24) is 5.23 Å². The molecule has 0 aliphatic carbocycles. The predicted octanol–water partition coefficient (Wildman–Crippen LogP) is 7.01. The van der Waals surface area contributed by atoms with Gasteiger partial charge in [0.1, 0.15) is 31.1 Å². The molecule has 0 saturated heterocycles. The molecule has 15 heteroatoms. The summed E-state index contributed by atoms with van der Waals surface area (Å²) in [5, 5.41) is 16.1. The second-order valence-electron chi connectivity index (χ2n) is 8.79. The number of halogens is 6. The van der Waals surface area contributed by atoms with Crippen LogP contribution in [0.15, 0.2) is 88.1 Å². The monoisotopic (exact) mass is 712 g/mol. The quantitative estimate of drug-likeness (QED) is 0.0632. The van der Waals surface area contributed by atoms with Crippen LogP contribution in [0.1, 0.15) is 22.3 Å². The molecule has 0 saturated carbocycles. The van der Waals surface area contributed by atoms with Crippen molar-refractivity contribution in [2.75, 3.05) is 0 Å². The minimum Gasteiger partial charge on any atom is -0.487 e. The Hall–Kier alpha value is -3.25. The molecule has 5 N–H and O–H groups in total. The van der Waals surface area contributed by atoms with E-state index in [0.717, 1.165) is 17.1 Å². The van der Waals surface area contributed by atoms with Crippen LogP contribution in [0, 0.1) is 0 Å². The molecule has 0 fully saturated rings. The molecule has 4 aromatic rings. The third-order valence-corrected chi connectivity index (χ3v) is 7.81. The zero-order chi connectivity index (χ0) is 31.6. The lowest BCUT2D eigenvalue weighted by Gasteiger charge is -2.13. The maximum Gasteiger partial charge on any atom is 0.148 e. The van der Waals surface area contributed by atoms with E-state index in [-0.39, 0.29) is 18.4 Å². The number of ether oxygens (including phenoxy) is 2. The molecule has 4 aromatic carbocycles. The second kappa shape index (κ2) is 16.2. The number of hydrogen-bond donors (Lipinski definition) is 3. The standard InChI is InChI=1S/C29H23Cl6N7O2/c30-22-9-10-24(32)21(11-22)16-44-27-6-2-4-19(29(27)35)14-39-42(40-17-36)41(37)38-13-18-3-1-5-26(28(18)34)43-15-20-7-8-23(31)12-25(20)33/h1-14,17H,15-16,37H2,(H2,36,40)/p+1/b38-13+,39-14+. The van der Waals surface area contributed by atoms with E-state index in [1.54, 1.807) is 72.8 Å². The summed E-state index contributed by atoms with van der Waals surface area (Å²) < 4.78 is 11.7. The summed E-state index contributed by atoms with van der Waals surface area (Å²) in [7, 11) is 0. The molecule has 0 aliphatic heterocycles. The van der Waals surface area contributed by atoms with Gasteiger partial charge in [-0.1, -0.05) is 99.9 Å². The molecule has 1 unspecified atom stereocenters. The van der Waals surface area contributed by atoms with Crippen molar-refractivity contribution in [3.8, 4) is 11.5 Å². The highest BCUT2D eigenvalue weighted by Crippen LogP contribution is 2.31. The lowest BCUT2D eigenvalue weighted by atomic mass is 10.2. The van der Waals surface area contributed by atoms with E-state index >= 15 is 0 Å². The van der Waals surface area contributed by atoms with E-state index in [1.807, 2.05) is 0 Å². The van der Waals surface area contributed by atoms with Crippen LogP contribution in [0.2, 0.25) is 30.1 Å². The highest BCUT2D eigenvalue weighted by Gasteiger charge is 2.14. The number of benzene rings is 4. The van der Waals surface area contributed by atoms with E-state index in [9.17, 15) is 0 Å². The van der Waals surface area contributed by atoms with Gasteiger partial charge in [-0.2, -0.15) is 5.84 Å².